The normalized spacial score (nSPS) is 11.0. The zero-order valence-electron chi connectivity index (χ0n) is 14.6. The van der Waals surface area contributed by atoms with Crippen molar-refractivity contribution in [1.29, 1.82) is 0 Å². The highest BCUT2D eigenvalue weighted by molar-refractivity contribution is 6.05. The van der Waals surface area contributed by atoms with Crippen molar-refractivity contribution in [2.75, 3.05) is 13.2 Å². The molecule has 1 rings (SSSR count). The van der Waals surface area contributed by atoms with Gasteiger partial charge in [0.2, 0.25) is 0 Å². The van der Waals surface area contributed by atoms with Crippen molar-refractivity contribution in [3.63, 3.8) is 0 Å². The summed E-state index contributed by atoms with van der Waals surface area (Å²) in [4.78, 5) is 47.8. The van der Waals surface area contributed by atoms with E-state index in [0.29, 0.717) is 0 Å². The molecule has 1 aromatic rings. The number of rotatable bonds is 10. The minimum atomic E-state index is -2.29. The van der Waals surface area contributed by atoms with Gasteiger partial charge in [0, 0.05) is 0 Å². The van der Waals surface area contributed by atoms with E-state index in [9.17, 15) is 29.4 Å². The molecular weight excluding hydrogens is 344 g/mol. The van der Waals surface area contributed by atoms with Gasteiger partial charge in [0.05, 0.1) is 13.2 Å². The van der Waals surface area contributed by atoms with Crippen LogP contribution in [0.15, 0.2) is 30.3 Å². The highest BCUT2D eigenvalue weighted by Gasteiger charge is 2.49. The molecule has 0 atom stereocenters. The minimum absolute atomic E-state index is 0.0242. The van der Waals surface area contributed by atoms with E-state index in [-0.39, 0.29) is 25.2 Å². The molecule has 0 aliphatic heterocycles. The predicted molar refractivity (Wildman–Crippen MR) is 89.4 cm³/mol. The Bertz CT molecular complexity index is 620. The van der Waals surface area contributed by atoms with Crippen LogP contribution in [0.25, 0.3) is 0 Å². The van der Waals surface area contributed by atoms with Crippen LogP contribution in [0.3, 0.4) is 0 Å². The smallest absolute Gasteiger partial charge is 0.325 e. The highest BCUT2D eigenvalue weighted by atomic mass is 16.6. The van der Waals surface area contributed by atoms with E-state index in [1.54, 1.807) is 19.9 Å². The quantitative estimate of drug-likeness (QED) is 0.472. The molecule has 8 nitrogen and oxygen atoms in total. The Morgan fingerprint density at radius 2 is 1.38 bits per heavy atom. The SMILES string of the molecule is CCOC(=O)C(CCC(C(=O)O)(C(=O)O)c1ccccc1)C(=O)OCC. The fourth-order valence-corrected chi connectivity index (χ4v) is 2.60. The molecule has 0 spiro atoms. The third-order valence-electron chi connectivity index (χ3n) is 3.95. The lowest BCUT2D eigenvalue weighted by atomic mass is 9.75. The summed E-state index contributed by atoms with van der Waals surface area (Å²) in [5.41, 5.74) is -2.25. The maximum atomic E-state index is 12.0. The zero-order chi connectivity index (χ0) is 19.7. The van der Waals surface area contributed by atoms with Crippen molar-refractivity contribution >= 4 is 23.9 Å². The molecule has 2 N–H and O–H groups in total. The van der Waals surface area contributed by atoms with Gasteiger partial charge in [0.15, 0.2) is 11.3 Å². The van der Waals surface area contributed by atoms with Crippen LogP contribution in [0.5, 0.6) is 0 Å². The number of esters is 2. The molecule has 0 aliphatic carbocycles. The summed E-state index contributed by atoms with van der Waals surface area (Å²) in [6.45, 7) is 3.17. The Kier molecular flexibility index (Phi) is 7.77. The standard InChI is InChI=1S/C18H22O8/c1-3-25-14(19)13(15(20)26-4-2)10-11-18(16(21)22,17(23)24)12-8-6-5-7-9-12/h5-9,13H,3-4,10-11H2,1-2H3,(H,21,22)(H,23,24). The summed E-state index contributed by atoms with van der Waals surface area (Å²) in [5, 5.41) is 19.3. The molecule has 0 bridgehead atoms. The van der Waals surface area contributed by atoms with Crippen LogP contribution < -0.4 is 0 Å². The Labute approximate surface area is 150 Å². The van der Waals surface area contributed by atoms with Crippen LogP contribution >= 0.6 is 0 Å². The first kappa shape index (κ1) is 21.1. The molecule has 0 heterocycles. The molecule has 0 fully saturated rings. The summed E-state index contributed by atoms with van der Waals surface area (Å²) >= 11 is 0. The number of carboxylic acid groups (broad SMARTS) is 2. The second-order valence-corrected chi connectivity index (χ2v) is 5.48. The average molecular weight is 366 g/mol. The first-order chi connectivity index (χ1) is 12.3. The van der Waals surface area contributed by atoms with Gasteiger partial charge >= 0.3 is 23.9 Å². The van der Waals surface area contributed by atoms with Crippen LogP contribution in [0, 0.1) is 5.92 Å². The first-order valence-corrected chi connectivity index (χ1v) is 8.16. The van der Waals surface area contributed by atoms with Crippen LogP contribution in [0.4, 0.5) is 0 Å². The molecule has 0 unspecified atom stereocenters. The van der Waals surface area contributed by atoms with Gasteiger partial charge in [-0.25, -0.2) is 0 Å². The lowest BCUT2D eigenvalue weighted by molar-refractivity contribution is -0.165. The van der Waals surface area contributed by atoms with Crippen LogP contribution in [0.2, 0.25) is 0 Å². The molecule has 142 valence electrons. The maximum absolute atomic E-state index is 12.0. The van der Waals surface area contributed by atoms with E-state index in [1.807, 2.05) is 0 Å². The zero-order valence-corrected chi connectivity index (χ0v) is 14.6. The van der Waals surface area contributed by atoms with Crippen molar-refractivity contribution in [2.24, 2.45) is 5.92 Å². The Morgan fingerprint density at radius 3 is 1.77 bits per heavy atom. The fourth-order valence-electron chi connectivity index (χ4n) is 2.60. The number of ether oxygens (including phenoxy) is 2. The molecular formula is C18H22O8. The van der Waals surface area contributed by atoms with Gasteiger partial charge in [-0.3, -0.25) is 19.2 Å². The monoisotopic (exact) mass is 366 g/mol. The van der Waals surface area contributed by atoms with Crippen LogP contribution in [-0.2, 0) is 34.1 Å². The van der Waals surface area contributed by atoms with E-state index in [4.69, 9.17) is 9.47 Å². The molecule has 0 saturated heterocycles. The number of carbonyl (C=O) groups is 4. The first-order valence-electron chi connectivity index (χ1n) is 8.16. The summed E-state index contributed by atoms with van der Waals surface area (Å²) < 4.78 is 9.66. The van der Waals surface area contributed by atoms with Crippen molar-refractivity contribution in [3.8, 4) is 0 Å². The molecule has 1 aromatic carbocycles. The second kappa shape index (κ2) is 9.55. The number of hydrogen-bond donors (Lipinski definition) is 2. The Hall–Kier alpha value is -2.90. The Morgan fingerprint density at radius 1 is 0.923 bits per heavy atom. The van der Waals surface area contributed by atoms with Gasteiger partial charge in [-0.05, 0) is 32.3 Å². The highest BCUT2D eigenvalue weighted by Crippen LogP contribution is 2.32. The van der Waals surface area contributed by atoms with Gasteiger partial charge in [-0.2, -0.15) is 0 Å². The summed E-state index contributed by atoms with van der Waals surface area (Å²) in [5.74, 6) is -6.30. The molecule has 0 aromatic heterocycles. The summed E-state index contributed by atoms with van der Waals surface area (Å²) in [6, 6.07) is 7.42. The van der Waals surface area contributed by atoms with E-state index >= 15 is 0 Å². The van der Waals surface area contributed by atoms with Gasteiger partial charge in [0.25, 0.3) is 0 Å². The van der Waals surface area contributed by atoms with Crippen molar-refractivity contribution in [1.82, 2.24) is 0 Å². The van der Waals surface area contributed by atoms with E-state index in [2.05, 4.69) is 0 Å². The van der Waals surface area contributed by atoms with E-state index in [0.717, 1.165) is 0 Å². The summed E-state index contributed by atoms with van der Waals surface area (Å²) in [6.07, 6.45) is -0.824. The van der Waals surface area contributed by atoms with Gasteiger partial charge in [-0.1, -0.05) is 30.3 Å². The Balaban J connectivity index is 3.20. The van der Waals surface area contributed by atoms with Crippen molar-refractivity contribution in [2.45, 2.75) is 32.1 Å². The van der Waals surface area contributed by atoms with Gasteiger partial charge in [0.1, 0.15) is 0 Å². The molecule has 26 heavy (non-hydrogen) atoms. The van der Waals surface area contributed by atoms with Crippen LogP contribution in [0.1, 0.15) is 32.3 Å². The van der Waals surface area contributed by atoms with Crippen molar-refractivity contribution < 1.29 is 38.9 Å². The van der Waals surface area contributed by atoms with Crippen LogP contribution in [-0.4, -0.2) is 47.3 Å². The lowest BCUT2D eigenvalue weighted by Gasteiger charge is -2.26. The van der Waals surface area contributed by atoms with Crippen molar-refractivity contribution in [3.05, 3.63) is 35.9 Å². The number of aliphatic carboxylic acids is 2. The fraction of sp³-hybridized carbons (Fsp3) is 0.444. The van der Waals surface area contributed by atoms with Gasteiger partial charge < -0.3 is 19.7 Å². The predicted octanol–water partition coefficient (Wildman–Crippen LogP) is 1.62. The molecule has 0 aliphatic rings. The lowest BCUT2D eigenvalue weighted by Crippen LogP contribution is -2.45. The minimum Gasteiger partial charge on any atom is -0.480 e. The molecule has 0 amide bonds. The summed E-state index contributed by atoms with van der Waals surface area (Å²) in [7, 11) is 0. The number of carboxylic acids is 2. The average Bonchev–Trinajstić information content (AvgIpc) is 2.59. The van der Waals surface area contributed by atoms with E-state index in [1.165, 1.54) is 24.3 Å². The largest absolute Gasteiger partial charge is 0.480 e. The molecule has 0 radical (unpaired) electrons. The maximum Gasteiger partial charge on any atom is 0.325 e. The van der Waals surface area contributed by atoms with Gasteiger partial charge in [-0.15, -0.1) is 0 Å². The number of benzene rings is 1. The number of hydrogen-bond acceptors (Lipinski definition) is 6. The molecule has 8 heteroatoms. The van der Waals surface area contributed by atoms with E-state index < -0.39 is 41.6 Å². The third-order valence-corrected chi connectivity index (χ3v) is 3.95. The number of carbonyl (C=O) groups excluding carboxylic acids is 2. The topological polar surface area (TPSA) is 127 Å². The second-order valence-electron chi connectivity index (χ2n) is 5.48. The molecule has 0 saturated carbocycles. The third kappa shape index (κ3) is 4.59.